The number of hydrogen-bond donors (Lipinski definition) is 0. The van der Waals surface area contributed by atoms with Crippen LogP contribution in [0, 0.1) is 12.8 Å². The van der Waals surface area contributed by atoms with E-state index in [4.69, 9.17) is 4.74 Å². The molecule has 2 aromatic rings. The van der Waals surface area contributed by atoms with Gasteiger partial charge in [-0.3, -0.25) is 0 Å². The van der Waals surface area contributed by atoms with Crippen molar-refractivity contribution in [3.05, 3.63) is 64.7 Å². The Morgan fingerprint density at radius 3 is 2.58 bits per heavy atom. The molecule has 24 heavy (non-hydrogen) atoms. The second-order valence-corrected chi connectivity index (χ2v) is 7.34. The first kappa shape index (κ1) is 15.7. The number of fused-ring (bicyclic) bond motifs is 3. The molecule has 0 radical (unpaired) electrons. The van der Waals surface area contributed by atoms with Crippen LogP contribution in [0.1, 0.15) is 47.4 Å². The molecule has 0 saturated carbocycles. The Kier molecular flexibility index (Phi) is 4.09. The SMILES string of the molecule is CCN1CC[C@H]2[C@H](c3ccc(OC)cc3)c3cc(C)ccc3[C@H]2C1. The summed E-state index contributed by atoms with van der Waals surface area (Å²) in [5, 5.41) is 0. The summed E-state index contributed by atoms with van der Waals surface area (Å²) in [5.41, 5.74) is 5.97. The third-order valence-electron chi connectivity index (χ3n) is 6.08. The summed E-state index contributed by atoms with van der Waals surface area (Å²) in [4.78, 5) is 2.61. The number of nitrogens with zero attached hydrogens (tertiary/aromatic N) is 1. The first-order valence-corrected chi connectivity index (χ1v) is 9.18. The Hall–Kier alpha value is -1.80. The van der Waals surface area contributed by atoms with Crippen molar-refractivity contribution in [2.45, 2.75) is 32.1 Å². The van der Waals surface area contributed by atoms with E-state index >= 15 is 0 Å². The molecule has 4 rings (SSSR count). The summed E-state index contributed by atoms with van der Waals surface area (Å²) in [6.45, 7) is 8.11. The zero-order valence-corrected chi connectivity index (χ0v) is 15.0. The molecule has 0 aromatic heterocycles. The van der Waals surface area contributed by atoms with Gasteiger partial charge in [-0.05, 0) is 61.2 Å². The van der Waals surface area contributed by atoms with Gasteiger partial charge in [-0.25, -0.2) is 0 Å². The van der Waals surface area contributed by atoms with E-state index < -0.39 is 0 Å². The van der Waals surface area contributed by atoms with E-state index in [1.807, 2.05) is 0 Å². The predicted molar refractivity (Wildman–Crippen MR) is 99.0 cm³/mol. The average Bonchev–Trinajstić information content (AvgIpc) is 2.94. The predicted octanol–water partition coefficient (Wildman–Crippen LogP) is 4.57. The molecule has 1 saturated heterocycles. The normalized spacial score (nSPS) is 26.0. The summed E-state index contributed by atoms with van der Waals surface area (Å²) in [6.07, 6.45) is 1.29. The van der Waals surface area contributed by atoms with Crippen LogP contribution in [-0.4, -0.2) is 31.6 Å². The van der Waals surface area contributed by atoms with Crippen LogP contribution in [0.15, 0.2) is 42.5 Å². The van der Waals surface area contributed by atoms with Gasteiger partial charge in [0.05, 0.1) is 7.11 Å². The number of likely N-dealkylation sites (tertiary alicyclic amines) is 1. The maximum atomic E-state index is 5.35. The zero-order chi connectivity index (χ0) is 16.7. The number of benzene rings is 2. The second-order valence-electron chi connectivity index (χ2n) is 7.34. The fraction of sp³-hybridized carbons (Fsp3) is 0.455. The van der Waals surface area contributed by atoms with Gasteiger partial charge in [0.2, 0.25) is 0 Å². The molecule has 0 amide bonds. The molecule has 0 unspecified atom stereocenters. The molecular formula is C22H27NO. The molecule has 0 bridgehead atoms. The lowest BCUT2D eigenvalue weighted by atomic mass is 9.78. The highest BCUT2D eigenvalue weighted by Crippen LogP contribution is 2.53. The van der Waals surface area contributed by atoms with Crippen molar-refractivity contribution in [3.63, 3.8) is 0 Å². The minimum Gasteiger partial charge on any atom is -0.497 e. The molecule has 2 aliphatic rings. The standard InChI is InChI=1S/C22H27NO/c1-4-23-12-11-19-21(14-23)18-10-5-15(2)13-20(18)22(19)16-6-8-17(24-3)9-7-16/h5-10,13,19,21-22H,4,11-12,14H2,1-3H3/t19-,21-,22+/m1/s1. The maximum absolute atomic E-state index is 5.35. The molecule has 0 spiro atoms. The molecule has 1 aliphatic heterocycles. The molecular weight excluding hydrogens is 294 g/mol. The van der Waals surface area contributed by atoms with E-state index in [9.17, 15) is 0 Å². The highest BCUT2D eigenvalue weighted by atomic mass is 16.5. The summed E-state index contributed by atoms with van der Waals surface area (Å²) in [7, 11) is 1.74. The molecule has 126 valence electrons. The van der Waals surface area contributed by atoms with Gasteiger partial charge in [0, 0.05) is 18.4 Å². The monoisotopic (exact) mass is 321 g/mol. The zero-order valence-electron chi connectivity index (χ0n) is 15.0. The lowest BCUT2D eigenvalue weighted by molar-refractivity contribution is 0.167. The minimum atomic E-state index is 0.537. The summed E-state index contributed by atoms with van der Waals surface area (Å²) < 4.78 is 5.35. The number of aryl methyl sites for hydroxylation is 1. The molecule has 0 N–H and O–H groups in total. The van der Waals surface area contributed by atoms with Crippen molar-refractivity contribution in [3.8, 4) is 5.75 Å². The average molecular weight is 321 g/mol. The summed E-state index contributed by atoms with van der Waals surface area (Å²) >= 11 is 0. The van der Waals surface area contributed by atoms with Gasteiger partial charge in [-0.15, -0.1) is 0 Å². The molecule has 2 heteroatoms. The number of ether oxygens (including phenoxy) is 1. The number of hydrogen-bond acceptors (Lipinski definition) is 2. The van der Waals surface area contributed by atoms with Crippen molar-refractivity contribution in [2.75, 3.05) is 26.7 Å². The molecule has 2 nitrogen and oxygen atoms in total. The Labute approximate surface area is 145 Å². The summed E-state index contributed by atoms with van der Waals surface area (Å²) in [6, 6.07) is 15.9. The van der Waals surface area contributed by atoms with Crippen molar-refractivity contribution in [1.82, 2.24) is 4.90 Å². The second kappa shape index (κ2) is 6.25. The topological polar surface area (TPSA) is 12.5 Å². The third kappa shape index (κ3) is 2.53. The van der Waals surface area contributed by atoms with Gasteiger partial charge >= 0.3 is 0 Å². The lowest BCUT2D eigenvalue weighted by Gasteiger charge is -2.37. The van der Waals surface area contributed by atoms with Crippen molar-refractivity contribution in [1.29, 1.82) is 0 Å². The smallest absolute Gasteiger partial charge is 0.118 e. The van der Waals surface area contributed by atoms with Gasteiger partial charge < -0.3 is 9.64 Å². The number of likely N-dealkylation sites (N-methyl/N-ethyl adjacent to an activating group) is 1. The molecule has 2 aromatic carbocycles. The fourth-order valence-corrected chi connectivity index (χ4v) is 4.82. The van der Waals surface area contributed by atoms with E-state index in [0.29, 0.717) is 11.8 Å². The third-order valence-corrected chi connectivity index (χ3v) is 6.08. The number of rotatable bonds is 3. The van der Waals surface area contributed by atoms with Gasteiger partial charge in [0.15, 0.2) is 0 Å². The quantitative estimate of drug-likeness (QED) is 0.821. The summed E-state index contributed by atoms with van der Waals surface area (Å²) in [5.74, 6) is 2.90. The Bertz CT molecular complexity index is 721. The van der Waals surface area contributed by atoms with Crippen LogP contribution in [-0.2, 0) is 0 Å². The molecule has 1 heterocycles. The fourth-order valence-electron chi connectivity index (χ4n) is 4.82. The van der Waals surface area contributed by atoms with Gasteiger partial charge in [0.25, 0.3) is 0 Å². The molecule has 1 fully saturated rings. The lowest BCUT2D eigenvalue weighted by Crippen LogP contribution is -2.38. The van der Waals surface area contributed by atoms with E-state index in [1.54, 1.807) is 18.2 Å². The molecule has 3 atom stereocenters. The largest absolute Gasteiger partial charge is 0.497 e. The van der Waals surface area contributed by atoms with Gasteiger partial charge in [0.1, 0.15) is 5.75 Å². The minimum absolute atomic E-state index is 0.537. The van der Waals surface area contributed by atoms with Crippen molar-refractivity contribution >= 4 is 0 Å². The van der Waals surface area contributed by atoms with Gasteiger partial charge in [-0.1, -0.05) is 42.8 Å². The Morgan fingerprint density at radius 1 is 1.08 bits per heavy atom. The highest BCUT2D eigenvalue weighted by Gasteiger charge is 2.43. The number of methoxy groups -OCH3 is 1. The first-order valence-electron chi connectivity index (χ1n) is 9.18. The van der Waals surface area contributed by atoms with Crippen LogP contribution in [0.25, 0.3) is 0 Å². The van der Waals surface area contributed by atoms with Crippen molar-refractivity contribution in [2.24, 2.45) is 5.92 Å². The first-order chi connectivity index (χ1) is 11.7. The van der Waals surface area contributed by atoms with Crippen molar-refractivity contribution < 1.29 is 4.74 Å². The van der Waals surface area contributed by atoms with Crippen LogP contribution in [0.4, 0.5) is 0 Å². The van der Waals surface area contributed by atoms with Gasteiger partial charge in [-0.2, -0.15) is 0 Å². The van der Waals surface area contributed by atoms with Crippen LogP contribution in [0.5, 0.6) is 5.75 Å². The Balaban J connectivity index is 1.77. The van der Waals surface area contributed by atoms with E-state index in [2.05, 4.69) is 61.2 Å². The van der Waals surface area contributed by atoms with Crippen LogP contribution in [0.3, 0.4) is 0 Å². The van der Waals surface area contributed by atoms with E-state index in [-0.39, 0.29) is 0 Å². The van der Waals surface area contributed by atoms with Crippen LogP contribution in [0.2, 0.25) is 0 Å². The van der Waals surface area contributed by atoms with E-state index in [0.717, 1.165) is 18.2 Å². The highest BCUT2D eigenvalue weighted by molar-refractivity contribution is 5.49. The van der Waals surface area contributed by atoms with E-state index in [1.165, 1.54) is 30.6 Å². The Morgan fingerprint density at radius 2 is 1.88 bits per heavy atom. The number of piperidine rings is 1. The van der Waals surface area contributed by atoms with Crippen LogP contribution < -0.4 is 4.74 Å². The van der Waals surface area contributed by atoms with Crippen LogP contribution >= 0.6 is 0 Å². The molecule has 1 aliphatic carbocycles. The maximum Gasteiger partial charge on any atom is 0.118 e.